The van der Waals surface area contributed by atoms with Crippen molar-refractivity contribution in [2.24, 2.45) is 4.99 Å². The van der Waals surface area contributed by atoms with Gasteiger partial charge in [0.05, 0.1) is 24.0 Å². The predicted molar refractivity (Wildman–Crippen MR) is 168 cm³/mol. The lowest BCUT2D eigenvalue weighted by Crippen LogP contribution is -2.34. The molecule has 9 nitrogen and oxygen atoms in total. The van der Waals surface area contributed by atoms with Gasteiger partial charge in [-0.05, 0) is 79.3 Å². The Bertz CT molecular complexity index is 1940. The fourth-order valence-electron chi connectivity index (χ4n) is 5.28. The molecule has 2 heterocycles. The molecule has 2 aromatic heterocycles. The second-order valence-electron chi connectivity index (χ2n) is 11.3. The van der Waals surface area contributed by atoms with Crippen molar-refractivity contribution >= 4 is 17.4 Å². The summed E-state index contributed by atoms with van der Waals surface area (Å²) in [6, 6.07) is 18.5. The van der Waals surface area contributed by atoms with Gasteiger partial charge in [0.1, 0.15) is 17.8 Å². The predicted octanol–water partition coefficient (Wildman–Crippen LogP) is 7.43. The first-order chi connectivity index (χ1) is 21.9. The maximum absolute atomic E-state index is 13.3. The summed E-state index contributed by atoms with van der Waals surface area (Å²) in [4.78, 5) is 22.7. The summed E-state index contributed by atoms with van der Waals surface area (Å²) in [7, 11) is 1.64. The van der Waals surface area contributed by atoms with E-state index in [4.69, 9.17) is 4.74 Å². The van der Waals surface area contributed by atoms with E-state index < -0.39 is 17.9 Å². The number of carbonyl (C=O) groups excluding carboxylic acids is 1. The smallest absolute Gasteiger partial charge is 0.497 e. The third kappa shape index (κ3) is 6.54. The van der Waals surface area contributed by atoms with Crippen molar-refractivity contribution in [1.29, 1.82) is 0 Å². The minimum Gasteiger partial charge on any atom is -0.497 e. The molecule has 0 saturated heterocycles. The summed E-state index contributed by atoms with van der Waals surface area (Å²) in [5.74, 6) is 1.14. The van der Waals surface area contributed by atoms with Crippen molar-refractivity contribution in [3.8, 4) is 34.3 Å². The van der Waals surface area contributed by atoms with Crippen LogP contribution in [0.2, 0.25) is 0 Å². The number of rotatable bonds is 8. The first-order valence-corrected chi connectivity index (χ1v) is 15.4. The van der Waals surface area contributed by atoms with Crippen LogP contribution in [0.1, 0.15) is 49.4 Å². The van der Waals surface area contributed by atoms with Gasteiger partial charge >= 0.3 is 12.4 Å². The van der Waals surface area contributed by atoms with Gasteiger partial charge in [-0.15, -0.1) is 29.6 Å². The zero-order chi connectivity index (χ0) is 32.6. The van der Waals surface area contributed by atoms with E-state index in [-0.39, 0.29) is 11.7 Å². The average molecular weight is 649 g/mol. The minimum atomic E-state index is -4.76. The third-order valence-electron chi connectivity index (χ3n) is 7.79. The van der Waals surface area contributed by atoms with Gasteiger partial charge in [-0.25, -0.2) is 14.5 Å². The summed E-state index contributed by atoms with van der Waals surface area (Å²) in [5, 5.41) is 9.58. The highest BCUT2D eigenvalue weighted by molar-refractivity contribution is 7.07. The molecule has 1 saturated carbocycles. The summed E-state index contributed by atoms with van der Waals surface area (Å²) < 4.78 is 50.2. The number of alkyl halides is 3. The van der Waals surface area contributed by atoms with E-state index in [0.717, 1.165) is 46.7 Å². The van der Waals surface area contributed by atoms with Crippen LogP contribution in [-0.2, 0) is 5.54 Å². The van der Waals surface area contributed by atoms with Crippen molar-refractivity contribution in [3.63, 3.8) is 0 Å². The molecule has 6 rings (SSSR count). The highest BCUT2D eigenvalue weighted by Gasteiger charge is 2.45. The second-order valence-corrected chi connectivity index (χ2v) is 12.2. The molecule has 1 aliphatic carbocycles. The minimum absolute atomic E-state index is 0.230. The Labute approximate surface area is 267 Å². The van der Waals surface area contributed by atoms with Crippen LogP contribution in [0, 0.1) is 6.92 Å². The van der Waals surface area contributed by atoms with Crippen LogP contribution in [0.3, 0.4) is 0 Å². The summed E-state index contributed by atoms with van der Waals surface area (Å²) in [5.41, 5.74) is 4.75. The molecule has 1 N–H and O–H groups in total. The quantitative estimate of drug-likeness (QED) is 0.189. The topological polar surface area (TPSA) is 95.6 Å². The molecule has 0 aliphatic heterocycles. The van der Waals surface area contributed by atoms with Gasteiger partial charge in [0, 0.05) is 16.6 Å². The Kier molecular flexibility index (Phi) is 8.19. The van der Waals surface area contributed by atoms with Crippen LogP contribution in [0.25, 0.3) is 22.8 Å². The van der Waals surface area contributed by atoms with Gasteiger partial charge in [0.25, 0.3) is 0 Å². The number of nitrogens with zero attached hydrogens (tertiary/aromatic N) is 5. The number of ether oxygens (including phenoxy) is 2. The monoisotopic (exact) mass is 648 g/mol. The van der Waals surface area contributed by atoms with Crippen LogP contribution >= 0.6 is 11.3 Å². The molecule has 5 aromatic rings. The number of aromatic nitrogens is 4. The van der Waals surface area contributed by atoms with Gasteiger partial charge in [-0.3, -0.25) is 4.57 Å². The normalized spacial score (nSPS) is 14.4. The van der Waals surface area contributed by atoms with Crippen molar-refractivity contribution in [3.05, 3.63) is 100 Å². The molecule has 1 fully saturated rings. The zero-order valence-electron chi connectivity index (χ0n) is 25.5. The van der Waals surface area contributed by atoms with Gasteiger partial charge in [-0.1, -0.05) is 38.1 Å². The molecule has 0 unspecified atom stereocenters. The SMILES string of the molecule is COc1ccc(-n2c(C)cs/c2=N\C(=O)NC2(c3ccc(-c4ncn(-c5ccc(OC(F)(F)F)cc5)n4)cc3)CC2)c(C(C)C)c1. The lowest BCUT2D eigenvalue weighted by molar-refractivity contribution is -0.274. The van der Waals surface area contributed by atoms with Crippen LogP contribution in [-0.4, -0.2) is 38.8 Å². The Morgan fingerprint density at radius 2 is 1.74 bits per heavy atom. The summed E-state index contributed by atoms with van der Waals surface area (Å²) in [6.45, 7) is 6.23. The molecule has 13 heteroatoms. The maximum atomic E-state index is 13.3. The molecule has 2 amide bonds. The molecule has 0 atom stereocenters. The van der Waals surface area contributed by atoms with E-state index in [2.05, 4.69) is 39.0 Å². The van der Waals surface area contributed by atoms with E-state index in [1.165, 1.54) is 46.6 Å². The molecule has 3 aromatic carbocycles. The van der Waals surface area contributed by atoms with Crippen LogP contribution < -0.4 is 19.6 Å². The van der Waals surface area contributed by atoms with Gasteiger partial charge in [0.2, 0.25) is 0 Å². The van der Waals surface area contributed by atoms with Gasteiger partial charge in [-0.2, -0.15) is 4.99 Å². The number of aryl methyl sites for hydroxylation is 1. The molecule has 1 aliphatic rings. The number of carbonyl (C=O) groups is 1. The van der Waals surface area contributed by atoms with Crippen LogP contribution in [0.5, 0.6) is 11.5 Å². The number of hydrogen-bond donors (Lipinski definition) is 1. The number of urea groups is 1. The molecular formula is C33H31F3N6O3S. The fraction of sp³-hybridized carbons (Fsp3) is 0.273. The van der Waals surface area contributed by atoms with Gasteiger partial charge in [0.15, 0.2) is 10.6 Å². The standard InChI is InChI=1S/C33H31F3N6O3S/c1-20(2)27-17-26(44-4)13-14-28(27)42-21(3)18-46-31(42)38-30(43)39-32(15-16-32)23-7-5-22(6-8-23)29-37-19-41(40-29)24-9-11-25(12-10-24)45-33(34,35)36/h5-14,17-20H,15-16H2,1-4H3,(H,39,43)/b38-31-. The number of halogens is 3. The molecule has 46 heavy (non-hydrogen) atoms. The molecular weight excluding hydrogens is 617 g/mol. The first-order valence-electron chi connectivity index (χ1n) is 14.6. The van der Waals surface area contributed by atoms with E-state index in [9.17, 15) is 18.0 Å². The molecule has 0 bridgehead atoms. The van der Waals surface area contributed by atoms with Gasteiger partial charge < -0.3 is 14.8 Å². The highest BCUT2D eigenvalue weighted by atomic mass is 32.1. The Hall–Kier alpha value is -4.91. The van der Waals surface area contributed by atoms with E-state index in [1.807, 2.05) is 59.3 Å². The van der Waals surface area contributed by atoms with Crippen molar-refractivity contribution in [2.45, 2.75) is 51.4 Å². The first kappa shape index (κ1) is 31.1. The third-order valence-corrected chi connectivity index (χ3v) is 8.74. The van der Waals surface area contributed by atoms with E-state index in [1.54, 1.807) is 7.11 Å². The number of nitrogens with one attached hydrogen (secondary N) is 1. The zero-order valence-corrected chi connectivity index (χ0v) is 26.3. The summed E-state index contributed by atoms with van der Waals surface area (Å²) in [6.07, 6.45) is -1.70. The second kappa shape index (κ2) is 12.1. The average Bonchev–Trinajstić information content (AvgIpc) is 3.46. The number of benzene rings is 3. The van der Waals surface area contributed by atoms with Crippen molar-refractivity contribution < 1.29 is 27.4 Å². The summed E-state index contributed by atoms with van der Waals surface area (Å²) >= 11 is 1.41. The largest absolute Gasteiger partial charge is 0.573 e. The van der Waals surface area contributed by atoms with Crippen molar-refractivity contribution in [1.82, 2.24) is 24.6 Å². The lowest BCUT2D eigenvalue weighted by Gasteiger charge is -2.17. The van der Waals surface area contributed by atoms with Crippen molar-refractivity contribution in [2.75, 3.05) is 7.11 Å². The fourth-order valence-corrected chi connectivity index (χ4v) is 6.14. The lowest BCUT2D eigenvalue weighted by atomic mass is 10.0. The number of hydrogen-bond acceptors (Lipinski definition) is 6. The Morgan fingerprint density at radius 1 is 1.04 bits per heavy atom. The molecule has 0 spiro atoms. The molecule has 238 valence electrons. The highest BCUT2D eigenvalue weighted by Crippen LogP contribution is 2.46. The Morgan fingerprint density at radius 3 is 2.37 bits per heavy atom. The Balaban J connectivity index is 1.18. The maximum Gasteiger partial charge on any atom is 0.573 e. The number of amides is 2. The molecule has 0 radical (unpaired) electrons. The van der Waals surface area contributed by atoms with Crippen LogP contribution in [0.4, 0.5) is 18.0 Å². The van der Waals surface area contributed by atoms with E-state index in [0.29, 0.717) is 16.3 Å². The van der Waals surface area contributed by atoms with Crippen LogP contribution in [0.15, 0.2) is 83.4 Å². The van der Waals surface area contributed by atoms with E-state index >= 15 is 0 Å². The number of methoxy groups -OCH3 is 1. The number of thiazole rings is 1.